The molecule has 4 aromatic rings. The third-order valence-electron chi connectivity index (χ3n) is 7.38. The number of hydrogen-bond donors (Lipinski definition) is 2. The average Bonchev–Trinajstić information content (AvgIpc) is 3.49. The summed E-state index contributed by atoms with van der Waals surface area (Å²) in [5.74, 6) is -2.31. The zero-order chi connectivity index (χ0) is 25.8. The summed E-state index contributed by atoms with van der Waals surface area (Å²) in [4.78, 5) is 23.9. The molecule has 1 aliphatic carbocycles. The Morgan fingerprint density at radius 2 is 1.81 bits per heavy atom. The molecule has 37 heavy (non-hydrogen) atoms. The third-order valence-corrected chi connectivity index (χ3v) is 7.38. The van der Waals surface area contributed by atoms with E-state index in [9.17, 15) is 13.6 Å². The van der Waals surface area contributed by atoms with Gasteiger partial charge in [-0.2, -0.15) is 5.10 Å². The highest BCUT2D eigenvalue weighted by Gasteiger charge is 2.52. The number of alkyl halides is 2. The topological polar surface area (TPSA) is 86.8 Å². The average molecular weight is 501 g/mol. The second-order valence-electron chi connectivity index (χ2n) is 10.3. The minimum absolute atomic E-state index is 0.199. The van der Waals surface area contributed by atoms with Crippen molar-refractivity contribution >= 4 is 17.4 Å². The van der Waals surface area contributed by atoms with Crippen LogP contribution in [-0.2, 0) is 16.9 Å². The van der Waals surface area contributed by atoms with E-state index in [4.69, 9.17) is 4.98 Å². The van der Waals surface area contributed by atoms with E-state index in [1.807, 2.05) is 62.5 Å². The quantitative estimate of drug-likeness (QED) is 0.356. The van der Waals surface area contributed by atoms with Crippen molar-refractivity contribution < 1.29 is 13.6 Å². The fraction of sp³-hybridized carbons (Fsp3) is 0.286. The maximum absolute atomic E-state index is 13.4. The molecule has 7 nitrogen and oxygen atoms in total. The number of benzene rings is 2. The summed E-state index contributed by atoms with van der Waals surface area (Å²) >= 11 is 0. The van der Waals surface area contributed by atoms with Crippen molar-refractivity contribution in [1.29, 1.82) is 0 Å². The van der Waals surface area contributed by atoms with Gasteiger partial charge < -0.3 is 10.2 Å². The van der Waals surface area contributed by atoms with Gasteiger partial charge in [0, 0.05) is 54.5 Å². The van der Waals surface area contributed by atoms with Crippen LogP contribution < -0.4 is 5.32 Å². The summed E-state index contributed by atoms with van der Waals surface area (Å²) in [6, 6.07) is 15.7. The van der Waals surface area contributed by atoms with Gasteiger partial charge in [-0.15, -0.1) is 0 Å². The smallest absolute Gasteiger partial charge is 0.249 e. The van der Waals surface area contributed by atoms with Crippen LogP contribution in [0.2, 0.25) is 0 Å². The predicted octanol–water partition coefficient (Wildman–Crippen LogP) is 5.90. The molecule has 188 valence electrons. The fourth-order valence-electron chi connectivity index (χ4n) is 5.22. The van der Waals surface area contributed by atoms with Gasteiger partial charge in [0.2, 0.25) is 11.8 Å². The Balaban J connectivity index is 1.21. The van der Waals surface area contributed by atoms with E-state index in [0.717, 1.165) is 33.5 Å². The van der Waals surface area contributed by atoms with Gasteiger partial charge in [0.1, 0.15) is 5.82 Å². The second kappa shape index (κ2) is 8.47. The first kappa shape index (κ1) is 23.3. The van der Waals surface area contributed by atoms with E-state index in [0.29, 0.717) is 18.2 Å². The number of amides is 1. The van der Waals surface area contributed by atoms with Crippen molar-refractivity contribution in [1.82, 2.24) is 25.1 Å². The molecule has 1 aliphatic heterocycles. The van der Waals surface area contributed by atoms with Crippen LogP contribution in [0.4, 0.5) is 20.3 Å². The predicted molar refractivity (Wildman–Crippen MR) is 136 cm³/mol. The third kappa shape index (κ3) is 4.24. The fourth-order valence-corrected chi connectivity index (χ4v) is 5.22. The molecule has 2 aliphatic rings. The summed E-state index contributed by atoms with van der Waals surface area (Å²) in [7, 11) is 0. The van der Waals surface area contributed by atoms with Crippen molar-refractivity contribution in [2.24, 2.45) is 5.92 Å². The number of carbonyl (C=O) groups excluding carboxylic acids is 1. The first-order chi connectivity index (χ1) is 17.7. The Labute approximate surface area is 213 Å². The molecule has 2 N–H and O–H groups in total. The van der Waals surface area contributed by atoms with Gasteiger partial charge in [0.25, 0.3) is 0 Å². The summed E-state index contributed by atoms with van der Waals surface area (Å²) in [5, 5.41) is 10.1. The van der Waals surface area contributed by atoms with Crippen LogP contribution in [0.3, 0.4) is 0 Å². The lowest BCUT2D eigenvalue weighted by atomic mass is 9.79. The molecule has 0 unspecified atom stereocenters. The highest BCUT2D eigenvalue weighted by Crippen LogP contribution is 2.47. The number of carbonyl (C=O) groups is 1. The Bertz CT molecular complexity index is 1460. The second-order valence-corrected chi connectivity index (χ2v) is 10.3. The van der Waals surface area contributed by atoms with Gasteiger partial charge in [-0.3, -0.25) is 9.89 Å². The number of rotatable bonds is 5. The maximum Gasteiger partial charge on any atom is 0.249 e. The van der Waals surface area contributed by atoms with Crippen LogP contribution in [0.15, 0.2) is 67.1 Å². The van der Waals surface area contributed by atoms with Gasteiger partial charge in [0.05, 0.1) is 11.7 Å². The lowest BCUT2D eigenvalue weighted by Crippen LogP contribution is -2.50. The van der Waals surface area contributed by atoms with E-state index in [1.54, 1.807) is 23.4 Å². The standard InChI is InChI=1S/C28H26F2N6O/c1-27(2)23-11-18(3-4-19(23)16-36(27)26(37)20-12-28(29,30)13-20)25-31-10-9-24(35-25)34-22-7-5-17(6-8-22)21-14-32-33-15-21/h3-11,14-15,20H,12-13,16H2,1-2H3,(H,32,33)(H,31,34,35). The van der Waals surface area contributed by atoms with Crippen molar-refractivity contribution in [2.75, 3.05) is 5.32 Å². The van der Waals surface area contributed by atoms with Crippen LogP contribution >= 0.6 is 0 Å². The zero-order valence-corrected chi connectivity index (χ0v) is 20.5. The summed E-state index contributed by atoms with van der Waals surface area (Å²) < 4.78 is 26.8. The van der Waals surface area contributed by atoms with E-state index in [-0.39, 0.29) is 18.7 Å². The largest absolute Gasteiger partial charge is 0.340 e. The van der Waals surface area contributed by atoms with E-state index in [1.165, 1.54) is 0 Å². The minimum Gasteiger partial charge on any atom is -0.340 e. The van der Waals surface area contributed by atoms with Gasteiger partial charge >= 0.3 is 0 Å². The SMILES string of the molecule is CC1(C)c2cc(-c3nccc(Nc4ccc(-c5cn[nH]c5)cc4)n3)ccc2CN1C(=O)C1CC(F)(F)C1. The number of aromatic amines is 1. The summed E-state index contributed by atoms with van der Waals surface area (Å²) in [5.41, 5.74) is 5.18. The molecule has 9 heteroatoms. The number of hydrogen-bond acceptors (Lipinski definition) is 5. The summed E-state index contributed by atoms with van der Waals surface area (Å²) in [6.45, 7) is 4.34. The molecular weight excluding hydrogens is 474 g/mol. The Kier molecular flexibility index (Phi) is 5.33. The molecule has 0 spiro atoms. The first-order valence-electron chi connectivity index (χ1n) is 12.2. The van der Waals surface area contributed by atoms with Crippen molar-refractivity contribution in [3.05, 3.63) is 78.2 Å². The van der Waals surface area contributed by atoms with Gasteiger partial charge in [-0.25, -0.2) is 18.7 Å². The highest BCUT2D eigenvalue weighted by atomic mass is 19.3. The normalized spacial score (nSPS) is 17.8. The number of H-pyrrole nitrogens is 1. The van der Waals surface area contributed by atoms with E-state index >= 15 is 0 Å². The first-order valence-corrected chi connectivity index (χ1v) is 12.2. The summed E-state index contributed by atoms with van der Waals surface area (Å²) in [6.07, 6.45) is 4.60. The maximum atomic E-state index is 13.4. The Morgan fingerprint density at radius 3 is 2.51 bits per heavy atom. The van der Waals surface area contributed by atoms with Crippen molar-refractivity contribution in [3.63, 3.8) is 0 Å². The number of anilines is 2. The highest BCUT2D eigenvalue weighted by molar-refractivity contribution is 5.82. The number of nitrogens with zero attached hydrogens (tertiary/aromatic N) is 4. The molecule has 1 fully saturated rings. The number of fused-ring (bicyclic) bond motifs is 1. The lowest BCUT2D eigenvalue weighted by molar-refractivity contribution is -0.164. The molecule has 2 aromatic carbocycles. The molecule has 2 aromatic heterocycles. The van der Waals surface area contributed by atoms with Crippen LogP contribution in [0, 0.1) is 5.92 Å². The number of nitrogens with one attached hydrogen (secondary N) is 2. The van der Waals surface area contributed by atoms with Gasteiger partial charge in [-0.1, -0.05) is 24.3 Å². The molecule has 0 bridgehead atoms. The zero-order valence-electron chi connectivity index (χ0n) is 20.5. The van der Waals surface area contributed by atoms with Crippen LogP contribution in [0.25, 0.3) is 22.5 Å². The number of halogens is 2. The van der Waals surface area contributed by atoms with Crippen LogP contribution in [0.1, 0.15) is 37.8 Å². The molecule has 1 amide bonds. The van der Waals surface area contributed by atoms with E-state index in [2.05, 4.69) is 20.5 Å². The Morgan fingerprint density at radius 1 is 1.05 bits per heavy atom. The van der Waals surface area contributed by atoms with Crippen LogP contribution in [-0.4, -0.2) is 36.9 Å². The molecule has 1 saturated carbocycles. The monoisotopic (exact) mass is 500 g/mol. The molecule has 0 saturated heterocycles. The molecule has 0 atom stereocenters. The van der Waals surface area contributed by atoms with Gasteiger partial charge in [0.15, 0.2) is 5.82 Å². The van der Waals surface area contributed by atoms with Crippen LogP contribution in [0.5, 0.6) is 0 Å². The lowest BCUT2D eigenvalue weighted by Gasteiger charge is -2.40. The molecule has 6 rings (SSSR count). The Hall–Kier alpha value is -4.14. The van der Waals surface area contributed by atoms with Crippen molar-refractivity contribution in [3.8, 4) is 22.5 Å². The molecule has 3 heterocycles. The number of aromatic nitrogens is 4. The molecule has 0 radical (unpaired) electrons. The van der Waals surface area contributed by atoms with Gasteiger partial charge in [-0.05, 0) is 54.8 Å². The molecular formula is C28H26F2N6O. The minimum atomic E-state index is -2.72. The van der Waals surface area contributed by atoms with E-state index < -0.39 is 17.4 Å². The van der Waals surface area contributed by atoms with Crippen molar-refractivity contribution in [2.45, 2.75) is 44.7 Å².